The van der Waals surface area contributed by atoms with Crippen molar-refractivity contribution in [3.05, 3.63) is 0 Å². The molecule has 0 saturated heterocycles. The highest BCUT2D eigenvalue weighted by Crippen LogP contribution is 2.55. The van der Waals surface area contributed by atoms with Crippen LogP contribution >= 0.6 is 11.6 Å². The van der Waals surface area contributed by atoms with Crippen LogP contribution in [0.2, 0.25) is 0 Å². The van der Waals surface area contributed by atoms with E-state index in [1.807, 2.05) is 0 Å². The van der Waals surface area contributed by atoms with Gasteiger partial charge in [-0.25, -0.2) is 8.78 Å². The summed E-state index contributed by atoms with van der Waals surface area (Å²) in [5.74, 6) is -4.92. The molecule has 0 N–H and O–H groups in total. The summed E-state index contributed by atoms with van der Waals surface area (Å²) in [5.41, 5.74) is 0. The lowest BCUT2D eigenvalue weighted by Gasteiger charge is -1.86. The van der Waals surface area contributed by atoms with E-state index >= 15 is 0 Å². The van der Waals surface area contributed by atoms with Crippen molar-refractivity contribution in [3.63, 3.8) is 0 Å². The molecule has 1 saturated carbocycles. The molecule has 0 bridgehead atoms. The molecule has 0 aliphatic heterocycles. The largest absolute Gasteiger partial charge is 0.281 e. The fraction of sp³-hybridized carbons (Fsp3) is 0.800. The van der Waals surface area contributed by atoms with E-state index in [0.717, 1.165) is 0 Å². The molecule has 0 aromatic carbocycles. The molecule has 0 aromatic heterocycles. The van der Waals surface area contributed by atoms with Crippen molar-refractivity contribution in [1.29, 1.82) is 0 Å². The van der Waals surface area contributed by atoms with Crippen LogP contribution in [0, 0.1) is 11.8 Å². The third kappa shape index (κ3) is 0.834. The molecule has 2 atom stereocenters. The predicted molar refractivity (Wildman–Crippen MR) is 28.5 cm³/mol. The summed E-state index contributed by atoms with van der Waals surface area (Å²) in [6.07, 6.45) is 0. The van der Waals surface area contributed by atoms with Crippen molar-refractivity contribution in [3.8, 4) is 0 Å². The fourth-order valence-electron chi connectivity index (χ4n) is 0.828. The number of hydrogen-bond acceptors (Lipinski definition) is 1. The number of carbonyl (C=O) groups is 1. The van der Waals surface area contributed by atoms with E-state index in [2.05, 4.69) is 0 Å². The lowest BCUT2D eigenvalue weighted by Crippen LogP contribution is -1.99. The van der Waals surface area contributed by atoms with Gasteiger partial charge < -0.3 is 0 Å². The Balaban J connectivity index is 2.62. The SMILES string of the molecule is CC1C(C(=O)Cl)C1(F)F. The molecule has 0 spiro atoms. The van der Waals surface area contributed by atoms with E-state index in [1.165, 1.54) is 6.92 Å². The van der Waals surface area contributed by atoms with Gasteiger partial charge in [0, 0.05) is 5.92 Å². The monoisotopic (exact) mass is 154 g/mol. The topological polar surface area (TPSA) is 17.1 Å². The van der Waals surface area contributed by atoms with Crippen LogP contribution in [0.25, 0.3) is 0 Å². The van der Waals surface area contributed by atoms with Gasteiger partial charge >= 0.3 is 0 Å². The summed E-state index contributed by atoms with van der Waals surface area (Å²) in [6, 6.07) is 0. The van der Waals surface area contributed by atoms with Crippen molar-refractivity contribution >= 4 is 16.8 Å². The molecule has 0 amide bonds. The minimum Gasteiger partial charge on any atom is -0.281 e. The second-order valence-electron chi connectivity index (χ2n) is 2.24. The Labute approximate surface area is 56.0 Å². The highest BCUT2D eigenvalue weighted by molar-refractivity contribution is 6.64. The molecule has 1 aliphatic rings. The van der Waals surface area contributed by atoms with E-state index in [1.54, 1.807) is 0 Å². The summed E-state index contributed by atoms with van der Waals surface area (Å²) in [4.78, 5) is 10.1. The van der Waals surface area contributed by atoms with Crippen LogP contribution in [0.3, 0.4) is 0 Å². The lowest BCUT2D eigenvalue weighted by molar-refractivity contribution is -0.114. The van der Waals surface area contributed by atoms with Gasteiger partial charge in [-0.3, -0.25) is 4.79 Å². The summed E-state index contributed by atoms with van der Waals surface area (Å²) in [5, 5.41) is -0.924. The quantitative estimate of drug-likeness (QED) is 0.525. The van der Waals surface area contributed by atoms with Gasteiger partial charge in [0.1, 0.15) is 5.92 Å². The standard InChI is InChI=1S/C5H5ClF2O/c1-2-3(4(6)9)5(2,7)8/h2-3H,1H3. The Morgan fingerprint density at radius 3 is 2.00 bits per heavy atom. The normalized spacial score (nSPS) is 38.2. The molecule has 2 unspecified atom stereocenters. The van der Waals surface area contributed by atoms with Crippen LogP contribution in [-0.4, -0.2) is 11.2 Å². The number of carbonyl (C=O) groups excluding carboxylic acids is 1. The Bertz CT molecular complexity index is 157. The molecule has 1 nitrogen and oxygen atoms in total. The van der Waals surface area contributed by atoms with Crippen LogP contribution in [0.15, 0.2) is 0 Å². The molecule has 4 heteroatoms. The average Bonchev–Trinajstić information content (AvgIpc) is 2.07. The second-order valence-corrected chi connectivity index (χ2v) is 2.62. The van der Waals surface area contributed by atoms with E-state index in [0.29, 0.717) is 0 Å². The maximum absolute atomic E-state index is 12.1. The first-order chi connectivity index (χ1) is 3.98. The molecule has 0 aromatic rings. The van der Waals surface area contributed by atoms with E-state index in [9.17, 15) is 13.6 Å². The van der Waals surface area contributed by atoms with Crippen molar-refractivity contribution in [2.45, 2.75) is 12.8 Å². The molecule has 52 valence electrons. The van der Waals surface area contributed by atoms with E-state index < -0.39 is 23.0 Å². The van der Waals surface area contributed by atoms with Gasteiger partial charge in [0.2, 0.25) is 5.24 Å². The van der Waals surface area contributed by atoms with Crippen LogP contribution < -0.4 is 0 Å². The molecular formula is C5H5ClF2O. The first-order valence-electron chi connectivity index (χ1n) is 2.55. The summed E-state index contributed by atoms with van der Waals surface area (Å²) in [7, 11) is 0. The average molecular weight is 155 g/mol. The maximum Gasteiger partial charge on any atom is 0.262 e. The highest BCUT2D eigenvalue weighted by atomic mass is 35.5. The van der Waals surface area contributed by atoms with Crippen LogP contribution in [0.4, 0.5) is 8.78 Å². The molecule has 9 heavy (non-hydrogen) atoms. The highest BCUT2D eigenvalue weighted by Gasteiger charge is 2.68. The first-order valence-corrected chi connectivity index (χ1v) is 2.93. The van der Waals surface area contributed by atoms with Crippen molar-refractivity contribution in [2.24, 2.45) is 11.8 Å². The molecule has 1 rings (SSSR count). The zero-order valence-corrected chi connectivity index (χ0v) is 5.45. The first kappa shape index (κ1) is 6.93. The minimum atomic E-state index is -2.83. The molecule has 1 fully saturated rings. The van der Waals surface area contributed by atoms with Gasteiger partial charge in [-0.15, -0.1) is 0 Å². The van der Waals surface area contributed by atoms with Crippen molar-refractivity contribution < 1.29 is 13.6 Å². The van der Waals surface area contributed by atoms with Crippen LogP contribution in [0.5, 0.6) is 0 Å². The van der Waals surface area contributed by atoms with Crippen LogP contribution in [-0.2, 0) is 4.79 Å². The van der Waals surface area contributed by atoms with Gasteiger partial charge in [-0.1, -0.05) is 6.92 Å². The number of alkyl halides is 2. The molecule has 1 aliphatic carbocycles. The minimum absolute atomic E-state index is 0.859. The fourth-order valence-corrected chi connectivity index (χ4v) is 1.16. The third-order valence-corrected chi connectivity index (χ3v) is 1.89. The van der Waals surface area contributed by atoms with Gasteiger partial charge in [0.25, 0.3) is 5.92 Å². The molecule has 0 radical (unpaired) electrons. The smallest absolute Gasteiger partial charge is 0.262 e. The van der Waals surface area contributed by atoms with Crippen molar-refractivity contribution in [1.82, 2.24) is 0 Å². The Morgan fingerprint density at radius 2 is 2.00 bits per heavy atom. The Hall–Kier alpha value is -0.180. The zero-order chi connectivity index (χ0) is 7.23. The Morgan fingerprint density at radius 1 is 1.67 bits per heavy atom. The second kappa shape index (κ2) is 1.66. The van der Waals surface area contributed by atoms with Gasteiger partial charge in [0.05, 0.1) is 0 Å². The predicted octanol–water partition coefficient (Wildman–Crippen LogP) is 1.65. The van der Waals surface area contributed by atoms with Crippen LogP contribution in [0.1, 0.15) is 6.92 Å². The molecular weight excluding hydrogens is 150 g/mol. The number of rotatable bonds is 1. The van der Waals surface area contributed by atoms with E-state index in [-0.39, 0.29) is 0 Å². The summed E-state index contributed by atoms with van der Waals surface area (Å²) in [6.45, 7) is 1.31. The van der Waals surface area contributed by atoms with Gasteiger partial charge in [0.15, 0.2) is 0 Å². The van der Waals surface area contributed by atoms with Crippen molar-refractivity contribution in [2.75, 3.05) is 0 Å². The lowest BCUT2D eigenvalue weighted by atomic mass is 10.4. The van der Waals surface area contributed by atoms with Gasteiger partial charge in [-0.2, -0.15) is 0 Å². The van der Waals surface area contributed by atoms with E-state index in [4.69, 9.17) is 11.6 Å². The third-order valence-electron chi connectivity index (χ3n) is 1.66. The maximum atomic E-state index is 12.1. The summed E-state index contributed by atoms with van der Waals surface area (Å²) < 4.78 is 24.3. The number of hydrogen-bond donors (Lipinski definition) is 0. The molecule has 0 heterocycles. The van der Waals surface area contributed by atoms with Gasteiger partial charge in [-0.05, 0) is 11.6 Å². The Kier molecular flexibility index (Phi) is 1.28. The summed E-state index contributed by atoms with van der Waals surface area (Å²) >= 11 is 4.84. The number of halogens is 3. The zero-order valence-electron chi connectivity index (χ0n) is 4.70.